The maximum absolute atomic E-state index is 12.6. The largest absolute Gasteiger partial charge is 0.465 e. The van der Waals surface area contributed by atoms with Crippen molar-refractivity contribution in [2.75, 3.05) is 13.4 Å². The van der Waals surface area contributed by atoms with Gasteiger partial charge in [0.1, 0.15) is 6.54 Å². The second kappa shape index (κ2) is 7.77. The molecule has 1 amide bonds. The summed E-state index contributed by atoms with van der Waals surface area (Å²) < 4.78 is 18.3. The first-order valence-electron chi connectivity index (χ1n) is 8.77. The van der Waals surface area contributed by atoms with Gasteiger partial charge in [-0.05, 0) is 31.2 Å². The molecular formula is C20H15N3O5S. The number of aromatic nitrogens is 1. The third-order valence-corrected chi connectivity index (χ3v) is 5.27. The molecule has 1 aliphatic heterocycles. The molecule has 0 bridgehead atoms. The van der Waals surface area contributed by atoms with Gasteiger partial charge in [-0.25, -0.2) is 0 Å². The number of hydrogen-bond donors (Lipinski definition) is 0. The van der Waals surface area contributed by atoms with E-state index in [0.717, 1.165) is 4.70 Å². The van der Waals surface area contributed by atoms with Gasteiger partial charge in [0.15, 0.2) is 16.3 Å². The fourth-order valence-electron chi connectivity index (χ4n) is 2.87. The summed E-state index contributed by atoms with van der Waals surface area (Å²) in [6, 6.07) is 11.8. The number of carbonyl (C=O) groups is 2. The topological polar surface area (TPSA) is 103 Å². The number of ether oxygens (including phenoxy) is 3. The molecule has 0 unspecified atom stereocenters. The van der Waals surface area contributed by atoms with Gasteiger partial charge in [-0.2, -0.15) is 10.3 Å². The molecule has 0 N–H and O–H groups in total. The van der Waals surface area contributed by atoms with E-state index in [1.54, 1.807) is 47.9 Å². The number of fused-ring (bicyclic) bond motifs is 2. The van der Waals surface area contributed by atoms with E-state index >= 15 is 0 Å². The van der Waals surface area contributed by atoms with Crippen molar-refractivity contribution in [1.29, 1.82) is 5.26 Å². The van der Waals surface area contributed by atoms with E-state index < -0.39 is 11.9 Å². The van der Waals surface area contributed by atoms with E-state index in [0.29, 0.717) is 32.9 Å². The van der Waals surface area contributed by atoms with Crippen LogP contribution in [-0.2, 0) is 16.1 Å². The average Bonchev–Trinajstić information content (AvgIpc) is 3.30. The Labute approximate surface area is 169 Å². The highest BCUT2D eigenvalue weighted by molar-refractivity contribution is 7.16. The molecule has 0 spiro atoms. The van der Waals surface area contributed by atoms with Crippen LogP contribution >= 0.6 is 11.3 Å². The minimum atomic E-state index is -0.473. The summed E-state index contributed by atoms with van der Waals surface area (Å²) in [4.78, 5) is 29.3. The second-order valence-corrected chi connectivity index (χ2v) is 7.06. The normalized spacial score (nSPS) is 12.8. The Balaban J connectivity index is 1.81. The van der Waals surface area contributed by atoms with Crippen molar-refractivity contribution in [2.45, 2.75) is 13.5 Å². The first-order valence-corrected chi connectivity index (χ1v) is 9.58. The number of hydrogen-bond acceptors (Lipinski definition) is 7. The predicted octanol–water partition coefficient (Wildman–Crippen LogP) is 2.61. The fourth-order valence-corrected chi connectivity index (χ4v) is 3.91. The standard InChI is InChI=1S/C20H15N3O5S/c1-2-26-18(24)10-23-14-7-15-16(28-11-27-15)8-17(14)29-20(23)22-19(25)13-5-3-12(9-21)4-6-13/h3-8H,2,10-11H2,1H3. The molecule has 1 aliphatic rings. The van der Waals surface area contributed by atoms with Gasteiger partial charge in [-0.15, -0.1) is 0 Å². The summed E-state index contributed by atoms with van der Waals surface area (Å²) in [5.74, 6) is 0.265. The van der Waals surface area contributed by atoms with Gasteiger partial charge in [-0.1, -0.05) is 11.3 Å². The van der Waals surface area contributed by atoms with E-state index in [1.165, 1.54) is 11.3 Å². The third kappa shape index (κ3) is 3.70. The number of esters is 1. The van der Waals surface area contributed by atoms with Crippen molar-refractivity contribution in [2.24, 2.45) is 4.99 Å². The minimum absolute atomic E-state index is 0.0903. The smallest absolute Gasteiger partial charge is 0.326 e. The van der Waals surface area contributed by atoms with E-state index in [-0.39, 0.29) is 19.9 Å². The quantitative estimate of drug-likeness (QED) is 0.614. The zero-order chi connectivity index (χ0) is 20.4. The summed E-state index contributed by atoms with van der Waals surface area (Å²) in [5.41, 5.74) is 1.49. The highest BCUT2D eigenvalue weighted by Crippen LogP contribution is 2.37. The zero-order valence-electron chi connectivity index (χ0n) is 15.4. The number of amides is 1. The van der Waals surface area contributed by atoms with E-state index in [9.17, 15) is 9.59 Å². The van der Waals surface area contributed by atoms with Crippen LogP contribution < -0.4 is 14.3 Å². The average molecular weight is 409 g/mol. The number of benzene rings is 2. The van der Waals surface area contributed by atoms with Crippen LogP contribution in [0.5, 0.6) is 11.5 Å². The summed E-state index contributed by atoms with van der Waals surface area (Å²) in [6.07, 6.45) is 0. The Morgan fingerprint density at radius 1 is 1.24 bits per heavy atom. The molecule has 1 aromatic heterocycles. The summed E-state index contributed by atoms with van der Waals surface area (Å²) >= 11 is 1.26. The summed E-state index contributed by atoms with van der Waals surface area (Å²) in [5, 5.41) is 8.89. The van der Waals surface area contributed by atoms with Crippen molar-refractivity contribution >= 4 is 33.4 Å². The molecule has 3 aromatic rings. The van der Waals surface area contributed by atoms with Gasteiger partial charge in [0.05, 0.1) is 28.5 Å². The molecule has 0 aliphatic carbocycles. The van der Waals surface area contributed by atoms with Gasteiger partial charge in [0.2, 0.25) is 6.79 Å². The molecule has 0 radical (unpaired) electrons. The highest BCUT2D eigenvalue weighted by Gasteiger charge is 2.19. The number of carbonyl (C=O) groups excluding carboxylic acids is 2. The predicted molar refractivity (Wildman–Crippen MR) is 104 cm³/mol. The van der Waals surface area contributed by atoms with Crippen molar-refractivity contribution < 1.29 is 23.8 Å². The molecule has 0 saturated heterocycles. The Bertz CT molecular complexity index is 1220. The van der Waals surface area contributed by atoms with Gasteiger partial charge in [-0.3, -0.25) is 9.59 Å². The SMILES string of the molecule is CCOC(=O)Cn1c(=NC(=O)c2ccc(C#N)cc2)sc2cc3c(cc21)OCO3. The first-order chi connectivity index (χ1) is 14.1. The van der Waals surface area contributed by atoms with Crippen LogP contribution in [0.2, 0.25) is 0 Å². The summed E-state index contributed by atoms with van der Waals surface area (Å²) in [7, 11) is 0. The van der Waals surface area contributed by atoms with Gasteiger partial charge < -0.3 is 18.8 Å². The van der Waals surface area contributed by atoms with Crippen molar-refractivity contribution in [3.05, 3.63) is 52.3 Å². The molecule has 4 rings (SSSR count). The van der Waals surface area contributed by atoms with Crippen LogP contribution in [0.4, 0.5) is 0 Å². The summed E-state index contributed by atoms with van der Waals surface area (Å²) in [6.45, 7) is 2.03. The number of thiazole rings is 1. The maximum Gasteiger partial charge on any atom is 0.326 e. The zero-order valence-corrected chi connectivity index (χ0v) is 16.2. The van der Waals surface area contributed by atoms with Crippen LogP contribution in [0.1, 0.15) is 22.8 Å². The maximum atomic E-state index is 12.6. The van der Waals surface area contributed by atoms with E-state index in [1.807, 2.05) is 6.07 Å². The highest BCUT2D eigenvalue weighted by atomic mass is 32.1. The Morgan fingerprint density at radius 3 is 2.66 bits per heavy atom. The number of nitrogens with zero attached hydrogens (tertiary/aromatic N) is 3. The minimum Gasteiger partial charge on any atom is -0.465 e. The van der Waals surface area contributed by atoms with Gasteiger partial charge in [0, 0.05) is 17.7 Å². The fraction of sp³-hybridized carbons (Fsp3) is 0.200. The monoisotopic (exact) mass is 409 g/mol. The first kappa shape index (κ1) is 18.7. The van der Waals surface area contributed by atoms with Crippen molar-refractivity contribution in [3.8, 4) is 17.6 Å². The van der Waals surface area contributed by atoms with Crippen LogP contribution in [0.3, 0.4) is 0 Å². The van der Waals surface area contributed by atoms with Crippen molar-refractivity contribution in [3.63, 3.8) is 0 Å². The number of nitriles is 1. The molecular weight excluding hydrogens is 394 g/mol. The molecule has 29 heavy (non-hydrogen) atoms. The van der Waals surface area contributed by atoms with E-state index in [4.69, 9.17) is 19.5 Å². The molecule has 0 saturated carbocycles. The van der Waals surface area contributed by atoms with Gasteiger partial charge >= 0.3 is 5.97 Å². The van der Waals surface area contributed by atoms with E-state index in [2.05, 4.69) is 4.99 Å². The Hall–Kier alpha value is -3.64. The second-order valence-electron chi connectivity index (χ2n) is 6.06. The molecule has 2 aromatic carbocycles. The Morgan fingerprint density at radius 2 is 1.97 bits per heavy atom. The molecule has 2 heterocycles. The lowest BCUT2D eigenvalue weighted by Crippen LogP contribution is -2.23. The van der Waals surface area contributed by atoms with Crippen molar-refractivity contribution in [1.82, 2.24) is 4.57 Å². The lowest BCUT2D eigenvalue weighted by atomic mass is 10.1. The lowest BCUT2D eigenvalue weighted by molar-refractivity contribution is -0.143. The molecule has 8 nitrogen and oxygen atoms in total. The van der Waals surface area contributed by atoms with Crippen LogP contribution in [0, 0.1) is 11.3 Å². The Kier molecular flexibility index (Phi) is 5.01. The lowest BCUT2D eigenvalue weighted by Gasteiger charge is -2.05. The van der Waals surface area contributed by atoms with Crippen LogP contribution in [0.25, 0.3) is 10.2 Å². The molecule has 9 heteroatoms. The van der Waals surface area contributed by atoms with Crippen LogP contribution in [0.15, 0.2) is 41.4 Å². The van der Waals surface area contributed by atoms with Gasteiger partial charge in [0.25, 0.3) is 5.91 Å². The number of rotatable bonds is 4. The molecule has 0 atom stereocenters. The third-order valence-electron chi connectivity index (χ3n) is 4.23. The molecule has 0 fully saturated rings. The van der Waals surface area contributed by atoms with Crippen LogP contribution in [-0.4, -0.2) is 29.8 Å². The molecule has 146 valence electrons.